The number of hydrogen-bond acceptors (Lipinski definition) is 6. The second-order valence-corrected chi connectivity index (χ2v) is 8.67. The number of guanidine groups is 1. The number of non-ortho nitro benzene ring substituents is 1. The molecule has 2 aliphatic rings. The van der Waals surface area contributed by atoms with E-state index >= 15 is 0 Å². The number of nitrogens with zero attached hydrogens (tertiary/aromatic N) is 5. The van der Waals surface area contributed by atoms with Gasteiger partial charge in [0.1, 0.15) is 6.04 Å². The molecule has 182 valence electrons. The van der Waals surface area contributed by atoms with E-state index in [0.717, 1.165) is 38.8 Å². The van der Waals surface area contributed by atoms with Gasteiger partial charge in [-0.2, -0.15) is 5.26 Å². The minimum atomic E-state index is -0.748. The van der Waals surface area contributed by atoms with E-state index in [4.69, 9.17) is 0 Å². The lowest BCUT2D eigenvalue weighted by atomic mass is 10.1. The molecular weight excluding hydrogens is 450 g/mol. The first-order chi connectivity index (χ1) is 17.0. The molecule has 0 aliphatic carbocycles. The average Bonchev–Trinajstić information content (AvgIpc) is 3.34. The molecule has 11 heteroatoms. The Kier molecular flexibility index (Phi) is 7.40. The number of carbonyl (C=O) groups excluding carboxylic acids is 2. The van der Waals surface area contributed by atoms with Gasteiger partial charge < -0.3 is 15.1 Å². The van der Waals surface area contributed by atoms with Crippen LogP contribution in [-0.4, -0.2) is 64.7 Å². The highest BCUT2D eigenvalue weighted by Gasteiger charge is 2.30. The van der Waals surface area contributed by atoms with Crippen LogP contribution in [0, 0.1) is 21.6 Å². The maximum atomic E-state index is 13.2. The maximum Gasteiger partial charge on any atom is 0.277 e. The summed E-state index contributed by atoms with van der Waals surface area (Å²) in [5.41, 5.74) is 0.450. The Bertz CT molecular complexity index is 1200. The van der Waals surface area contributed by atoms with Gasteiger partial charge in [0.25, 0.3) is 5.69 Å². The third-order valence-electron chi connectivity index (χ3n) is 6.32. The highest BCUT2D eigenvalue weighted by Crippen LogP contribution is 2.28. The lowest BCUT2D eigenvalue weighted by molar-refractivity contribution is -0.383. The first kappa shape index (κ1) is 23.9. The molecular formula is C24H27N7O4. The molecule has 2 heterocycles. The van der Waals surface area contributed by atoms with Gasteiger partial charge in [-0.25, -0.2) is 4.99 Å². The number of fused-ring (bicyclic) bond motifs is 1. The van der Waals surface area contributed by atoms with Crippen molar-refractivity contribution in [1.82, 2.24) is 15.1 Å². The molecule has 1 atom stereocenters. The molecule has 0 spiro atoms. The first-order valence-electron chi connectivity index (χ1n) is 11.7. The number of aliphatic imine (C=N–C) groups is 1. The van der Waals surface area contributed by atoms with E-state index in [2.05, 4.69) is 15.6 Å². The van der Waals surface area contributed by atoms with Gasteiger partial charge in [-0.3, -0.25) is 25.0 Å². The number of hydrogen-bond donors (Lipinski definition) is 2. The summed E-state index contributed by atoms with van der Waals surface area (Å²) in [5.74, 6) is -0.230. The maximum absolute atomic E-state index is 13.2. The summed E-state index contributed by atoms with van der Waals surface area (Å²) in [6.45, 7) is 1.99. The topological polar surface area (TPSA) is 144 Å². The zero-order valence-corrected chi connectivity index (χ0v) is 19.3. The van der Waals surface area contributed by atoms with Gasteiger partial charge in [-0.1, -0.05) is 18.2 Å². The van der Waals surface area contributed by atoms with Gasteiger partial charge in [0, 0.05) is 31.4 Å². The van der Waals surface area contributed by atoms with Gasteiger partial charge in [0.15, 0.2) is 6.19 Å². The van der Waals surface area contributed by atoms with Crippen LogP contribution in [0.2, 0.25) is 0 Å². The van der Waals surface area contributed by atoms with Crippen LogP contribution in [0.15, 0.2) is 41.4 Å². The third-order valence-corrected chi connectivity index (χ3v) is 6.32. The molecule has 1 unspecified atom stereocenters. The zero-order chi connectivity index (χ0) is 24.8. The fourth-order valence-electron chi connectivity index (χ4n) is 4.53. The Labute approximate surface area is 202 Å². The molecule has 0 saturated carbocycles. The summed E-state index contributed by atoms with van der Waals surface area (Å²) >= 11 is 0. The first-order valence-corrected chi connectivity index (χ1v) is 11.7. The van der Waals surface area contributed by atoms with Crippen LogP contribution in [0.3, 0.4) is 0 Å². The molecule has 2 aliphatic heterocycles. The molecule has 2 aromatic rings. The summed E-state index contributed by atoms with van der Waals surface area (Å²) in [6, 6.07) is 9.14. The van der Waals surface area contributed by atoms with Crippen molar-refractivity contribution < 1.29 is 14.5 Å². The minimum Gasteiger partial charge on any atom is -0.341 e. The number of anilines is 1. The van der Waals surface area contributed by atoms with Crippen LogP contribution in [0.25, 0.3) is 10.8 Å². The lowest BCUT2D eigenvalue weighted by Gasteiger charge is -2.25. The number of nitriles is 1. The van der Waals surface area contributed by atoms with Crippen molar-refractivity contribution >= 4 is 39.9 Å². The second kappa shape index (κ2) is 10.8. The van der Waals surface area contributed by atoms with Crippen LogP contribution in [0.4, 0.5) is 11.4 Å². The van der Waals surface area contributed by atoms with Crippen LogP contribution in [0.5, 0.6) is 0 Å². The molecule has 4 rings (SSSR count). The van der Waals surface area contributed by atoms with Crippen molar-refractivity contribution in [3.63, 3.8) is 0 Å². The summed E-state index contributed by atoms with van der Waals surface area (Å²) in [6.07, 6.45) is 5.82. The van der Waals surface area contributed by atoms with E-state index in [9.17, 15) is 25.0 Å². The van der Waals surface area contributed by atoms with Crippen molar-refractivity contribution in [2.45, 2.75) is 38.1 Å². The Morgan fingerprint density at radius 2 is 1.94 bits per heavy atom. The summed E-state index contributed by atoms with van der Waals surface area (Å²) < 4.78 is 0. The number of nitrogens with one attached hydrogen (secondary N) is 2. The van der Waals surface area contributed by atoms with Gasteiger partial charge >= 0.3 is 0 Å². The molecule has 0 aromatic heterocycles. The smallest absolute Gasteiger partial charge is 0.277 e. The van der Waals surface area contributed by atoms with E-state index in [1.54, 1.807) is 40.1 Å². The molecule has 35 heavy (non-hydrogen) atoms. The summed E-state index contributed by atoms with van der Waals surface area (Å²) in [7, 11) is 0. The monoisotopic (exact) mass is 477 g/mol. The molecule has 2 saturated heterocycles. The van der Waals surface area contributed by atoms with Gasteiger partial charge in [0.05, 0.1) is 16.9 Å². The molecule has 0 bridgehead atoms. The quantitative estimate of drug-likeness (QED) is 0.168. The van der Waals surface area contributed by atoms with Crippen molar-refractivity contribution in [3.05, 3.63) is 46.5 Å². The molecule has 2 N–H and O–H groups in total. The Hall–Kier alpha value is -4.20. The SMILES string of the molecule is N#CNC(=NC1CCCCN(CC(=O)N2CCCC2)C1=O)Nc1ccc2cccc([N+](=O)[O-])c2c1. The standard InChI is InChI=1S/C24H27N7O4/c25-16-26-24(27-18-10-9-17-6-5-8-21(31(34)35)19(17)14-18)28-20-7-1-2-13-30(23(20)33)15-22(32)29-11-3-4-12-29/h5-6,8-10,14,20H,1-4,7,11-13,15H2,(H2,26,27,28). The van der Waals surface area contributed by atoms with Crippen molar-refractivity contribution in [2.24, 2.45) is 4.99 Å². The molecule has 2 amide bonds. The number of nitro benzene ring substituents is 1. The number of amides is 2. The van der Waals surface area contributed by atoms with E-state index in [-0.39, 0.29) is 30.0 Å². The largest absolute Gasteiger partial charge is 0.341 e. The third kappa shape index (κ3) is 5.66. The van der Waals surface area contributed by atoms with Crippen molar-refractivity contribution in [3.8, 4) is 6.19 Å². The van der Waals surface area contributed by atoms with Gasteiger partial charge in [0.2, 0.25) is 17.8 Å². The molecule has 2 aromatic carbocycles. The lowest BCUT2D eigenvalue weighted by Crippen LogP contribution is -2.45. The number of nitro groups is 1. The van der Waals surface area contributed by atoms with E-state index < -0.39 is 11.0 Å². The van der Waals surface area contributed by atoms with Crippen LogP contribution in [0.1, 0.15) is 32.1 Å². The summed E-state index contributed by atoms with van der Waals surface area (Å²) in [4.78, 5) is 44.6. The van der Waals surface area contributed by atoms with Crippen molar-refractivity contribution in [2.75, 3.05) is 31.5 Å². The number of rotatable bonds is 5. The predicted molar refractivity (Wildman–Crippen MR) is 130 cm³/mol. The Balaban J connectivity index is 1.54. The van der Waals surface area contributed by atoms with Crippen LogP contribution >= 0.6 is 0 Å². The number of carbonyl (C=O) groups is 2. The fraction of sp³-hybridized carbons (Fsp3) is 0.417. The molecule has 11 nitrogen and oxygen atoms in total. The highest BCUT2D eigenvalue weighted by atomic mass is 16.6. The molecule has 0 radical (unpaired) electrons. The van der Waals surface area contributed by atoms with Crippen LogP contribution < -0.4 is 10.6 Å². The minimum absolute atomic E-state index is 0.0323. The number of likely N-dealkylation sites (tertiary alicyclic amines) is 2. The van der Waals surface area contributed by atoms with Gasteiger partial charge in [-0.05, 0) is 49.6 Å². The number of benzene rings is 2. The zero-order valence-electron chi connectivity index (χ0n) is 19.3. The Morgan fingerprint density at radius 3 is 2.69 bits per heavy atom. The highest BCUT2D eigenvalue weighted by molar-refractivity contribution is 6.00. The average molecular weight is 478 g/mol. The predicted octanol–water partition coefficient (Wildman–Crippen LogP) is 2.59. The summed E-state index contributed by atoms with van der Waals surface area (Å²) in [5, 5.41) is 27.2. The van der Waals surface area contributed by atoms with Crippen LogP contribution in [-0.2, 0) is 9.59 Å². The Morgan fingerprint density at radius 1 is 1.17 bits per heavy atom. The molecule has 2 fully saturated rings. The van der Waals surface area contributed by atoms with E-state index in [1.807, 2.05) is 6.19 Å². The normalized spacial score (nSPS) is 18.8. The second-order valence-electron chi connectivity index (χ2n) is 8.67. The van der Waals surface area contributed by atoms with E-state index in [0.29, 0.717) is 29.4 Å². The van der Waals surface area contributed by atoms with E-state index in [1.165, 1.54) is 6.07 Å². The van der Waals surface area contributed by atoms with Gasteiger partial charge in [-0.15, -0.1) is 0 Å². The fourth-order valence-corrected chi connectivity index (χ4v) is 4.53. The van der Waals surface area contributed by atoms with Crippen molar-refractivity contribution in [1.29, 1.82) is 5.26 Å².